The summed E-state index contributed by atoms with van der Waals surface area (Å²) >= 11 is 0.841. The summed E-state index contributed by atoms with van der Waals surface area (Å²) in [7, 11) is 0. The van der Waals surface area contributed by atoms with Crippen LogP contribution >= 0.6 is 0 Å². The van der Waals surface area contributed by atoms with Crippen LogP contribution in [0.5, 0.6) is 0 Å². The zero-order valence-corrected chi connectivity index (χ0v) is 12.2. The van der Waals surface area contributed by atoms with E-state index in [9.17, 15) is 10.1 Å². The summed E-state index contributed by atoms with van der Waals surface area (Å²) < 4.78 is 2.59. The van der Waals surface area contributed by atoms with Gasteiger partial charge in [-0.2, -0.15) is 0 Å². The van der Waals surface area contributed by atoms with Gasteiger partial charge >= 0.3 is 111 Å². The van der Waals surface area contributed by atoms with E-state index in [2.05, 4.69) is 12.1 Å². The van der Waals surface area contributed by atoms with Gasteiger partial charge in [-0.15, -0.1) is 0 Å². The number of non-ortho nitro benzene ring substituents is 1. The molecule has 0 aromatic heterocycles. The Morgan fingerprint density at radius 2 is 1.35 bits per heavy atom. The number of rotatable bonds is 4. The van der Waals surface area contributed by atoms with Gasteiger partial charge in [-0.05, 0) is 0 Å². The molecule has 0 bridgehead atoms. The molecule has 3 nitrogen and oxygen atoms in total. The number of nitro benzene ring substituents is 1. The molecule has 17 heavy (non-hydrogen) atoms. The fourth-order valence-corrected chi connectivity index (χ4v) is 7.20. The van der Waals surface area contributed by atoms with Crippen LogP contribution in [0, 0.1) is 10.1 Å². The molecule has 0 aliphatic rings. The van der Waals surface area contributed by atoms with Gasteiger partial charge < -0.3 is 0 Å². The van der Waals surface area contributed by atoms with Crippen molar-refractivity contribution in [2.75, 3.05) is 0 Å². The van der Waals surface area contributed by atoms with Crippen LogP contribution in [-0.2, 0) is 0 Å². The van der Waals surface area contributed by atoms with Gasteiger partial charge in [0.1, 0.15) is 0 Å². The Kier molecular flexibility index (Phi) is 4.35. The quantitative estimate of drug-likeness (QED) is 0.463. The standard InChI is InChI=1S/C12H9NO2Se2/c14-13(15)10-6-8-12(9-7-10)17-16-11-4-2-1-3-5-11/h1-9H. The molecule has 0 atom stereocenters. The second kappa shape index (κ2) is 5.99. The van der Waals surface area contributed by atoms with Gasteiger partial charge in [0.2, 0.25) is 0 Å². The Hall–Kier alpha value is -1.12. The number of nitro groups is 1. The third kappa shape index (κ3) is 3.69. The van der Waals surface area contributed by atoms with Crippen LogP contribution < -0.4 is 8.92 Å². The minimum absolute atomic E-state index is 0.164. The van der Waals surface area contributed by atoms with Gasteiger partial charge in [0.15, 0.2) is 0 Å². The summed E-state index contributed by atoms with van der Waals surface area (Å²) in [5, 5.41) is 10.5. The third-order valence-corrected chi connectivity index (χ3v) is 9.25. The molecule has 86 valence electrons. The van der Waals surface area contributed by atoms with Gasteiger partial charge in [-0.1, -0.05) is 0 Å². The average molecular weight is 357 g/mol. The molecule has 0 saturated carbocycles. The van der Waals surface area contributed by atoms with E-state index in [1.54, 1.807) is 12.1 Å². The first-order chi connectivity index (χ1) is 8.25. The molecular formula is C12H9NO2Se2. The van der Waals surface area contributed by atoms with Crippen LogP contribution in [0.1, 0.15) is 0 Å². The molecule has 0 amide bonds. The summed E-state index contributed by atoms with van der Waals surface area (Å²) in [6.45, 7) is 0. The molecule has 0 aliphatic carbocycles. The molecule has 0 N–H and O–H groups in total. The summed E-state index contributed by atoms with van der Waals surface area (Å²) in [6.07, 6.45) is 0. The van der Waals surface area contributed by atoms with Crippen LogP contribution in [0.25, 0.3) is 0 Å². The Morgan fingerprint density at radius 1 is 0.824 bits per heavy atom. The topological polar surface area (TPSA) is 43.1 Å². The van der Waals surface area contributed by atoms with Crippen molar-refractivity contribution in [3.63, 3.8) is 0 Å². The van der Waals surface area contributed by atoms with Crippen molar-refractivity contribution in [2.24, 2.45) is 0 Å². The molecule has 0 aliphatic heterocycles. The van der Waals surface area contributed by atoms with Crippen LogP contribution in [0.2, 0.25) is 0 Å². The number of benzene rings is 2. The number of hydrogen-bond acceptors (Lipinski definition) is 2. The van der Waals surface area contributed by atoms with Gasteiger partial charge in [0.25, 0.3) is 0 Å². The van der Waals surface area contributed by atoms with Gasteiger partial charge in [-0.3, -0.25) is 0 Å². The third-order valence-electron chi connectivity index (χ3n) is 2.02. The van der Waals surface area contributed by atoms with Crippen molar-refractivity contribution >= 4 is 40.9 Å². The monoisotopic (exact) mass is 359 g/mol. The molecule has 0 heterocycles. The molecule has 0 radical (unpaired) electrons. The predicted molar refractivity (Wildman–Crippen MR) is 70.3 cm³/mol. The molecule has 0 unspecified atom stereocenters. The first kappa shape index (κ1) is 12.3. The summed E-state index contributed by atoms with van der Waals surface area (Å²) in [5.74, 6) is 0. The van der Waals surface area contributed by atoms with E-state index >= 15 is 0 Å². The van der Waals surface area contributed by atoms with E-state index in [0.717, 1.165) is 0 Å². The maximum atomic E-state index is 10.5. The minimum atomic E-state index is -0.362. The van der Waals surface area contributed by atoms with Crippen LogP contribution in [0.15, 0.2) is 54.6 Å². The first-order valence-electron chi connectivity index (χ1n) is 4.90. The Bertz CT molecular complexity index is 500. The van der Waals surface area contributed by atoms with Crippen molar-refractivity contribution in [1.29, 1.82) is 0 Å². The molecule has 2 aromatic rings. The second-order valence-electron chi connectivity index (χ2n) is 3.23. The fraction of sp³-hybridized carbons (Fsp3) is 0. The zero-order chi connectivity index (χ0) is 12.1. The maximum absolute atomic E-state index is 10.5. The van der Waals surface area contributed by atoms with Crippen molar-refractivity contribution in [3.8, 4) is 0 Å². The molecule has 2 rings (SSSR count). The second-order valence-corrected chi connectivity index (χ2v) is 9.54. The number of hydrogen-bond donors (Lipinski definition) is 0. The normalized spacial score (nSPS) is 10.1. The van der Waals surface area contributed by atoms with Crippen LogP contribution in [-0.4, -0.2) is 31.2 Å². The summed E-state index contributed by atoms with van der Waals surface area (Å²) in [6, 6.07) is 17.3. The van der Waals surface area contributed by atoms with Gasteiger partial charge in [-0.25, -0.2) is 0 Å². The molecular weight excluding hydrogens is 348 g/mol. The van der Waals surface area contributed by atoms with Crippen molar-refractivity contribution < 1.29 is 4.92 Å². The van der Waals surface area contributed by atoms with Crippen molar-refractivity contribution in [2.45, 2.75) is 0 Å². The Morgan fingerprint density at radius 3 is 1.88 bits per heavy atom. The van der Waals surface area contributed by atoms with E-state index in [1.807, 2.05) is 30.3 Å². The molecule has 2 aromatic carbocycles. The molecule has 5 heteroatoms. The molecule has 0 fully saturated rings. The Labute approximate surface area is 110 Å². The van der Waals surface area contributed by atoms with E-state index in [-0.39, 0.29) is 10.6 Å². The summed E-state index contributed by atoms with van der Waals surface area (Å²) in [4.78, 5) is 10.1. The summed E-state index contributed by atoms with van der Waals surface area (Å²) in [5.41, 5.74) is 0.164. The van der Waals surface area contributed by atoms with E-state index in [0.29, 0.717) is 26.3 Å². The van der Waals surface area contributed by atoms with Crippen molar-refractivity contribution in [3.05, 3.63) is 64.7 Å². The van der Waals surface area contributed by atoms with E-state index in [1.165, 1.54) is 8.92 Å². The number of nitrogens with zero attached hydrogens (tertiary/aromatic N) is 1. The SMILES string of the molecule is O=[N+]([O-])c1ccc([Se][Se]c2ccccc2)cc1. The van der Waals surface area contributed by atoms with Crippen molar-refractivity contribution in [1.82, 2.24) is 0 Å². The van der Waals surface area contributed by atoms with E-state index in [4.69, 9.17) is 0 Å². The van der Waals surface area contributed by atoms with Crippen LogP contribution in [0.3, 0.4) is 0 Å². The van der Waals surface area contributed by atoms with Crippen LogP contribution in [0.4, 0.5) is 5.69 Å². The first-order valence-corrected chi connectivity index (χ1v) is 10.9. The van der Waals surface area contributed by atoms with Gasteiger partial charge in [0.05, 0.1) is 0 Å². The molecule has 0 spiro atoms. The Balaban J connectivity index is 1.98. The fourth-order valence-electron chi connectivity index (χ4n) is 1.20. The average Bonchev–Trinajstić information content (AvgIpc) is 2.38. The van der Waals surface area contributed by atoms with E-state index < -0.39 is 0 Å². The zero-order valence-electron chi connectivity index (χ0n) is 8.78. The van der Waals surface area contributed by atoms with Gasteiger partial charge in [0, 0.05) is 0 Å². The molecule has 0 saturated heterocycles. The predicted octanol–water partition coefficient (Wildman–Crippen LogP) is 0.869.